The summed E-state index contributed by atoms with van der Waals surface area (Å²) < 4.78 is 0. The van der Waals surface area contributed by atoms with Gasteiger partial charge in [-0.3, -0.25) is 19.7 Å². The molecule has 7 N–H and O–H groups in total. The molecule has 0 aliphatic rings. The molecule has 1 aromatic rings. The zero-order valence-electron chi connectivity index (χ0n) is 10.4. The maximum atomic E-state index is 10.3. The van der Waals surface area contributed by atoms with E-state index < -0.39 is 23.9 Å². The Labute approximate surface area is 113 Å². The number of aromatic amines is 1. The first kappa shape index (κ1) is 17.5. The molecule has 1 aromatic heterocycles. The Bertz CT molecular complexity index is 419. The first-order valence-corrected chi connectivity index (χ1v) is 5.42. The molecule has 0 saturated heterocycles. The van der Waals surface area contributed by atoms with Crippen LogP contribution in [0.4, 0.5) is 0 Å². The summed E-state index contributed by atoms with van der Waals surface area (Å²) in [7, 11) is 0. The number of carboxylic acid groups (broad SMARTS) is 3. The van der Waals surface area contributed by atoms with E-state index in [1.807, 2.05) is 0 Å². The monoisotopic (exact) mass is 288 g/mol. The third-order valence-electron chi connectivity index (χ3n) is 1.86. The Morgan fingerprint density at radius 1 is 1.25 bits per heavy atom. The van der Waals surface area contributed by atoms with Gasteiger partial charge in [-0.25, -0.2) is 4.98 Å². The topological polar surface area (TPSA) is 179 Å². The maximum absolute atomic E-state index is 10.3. The van der Waals surface area contributed by atoms with Gasteiger partial charge in [-0.2, -0.15) is 0 Å². The van der Waals surface area contributed by atoms with Crippen LogP contribution in [0.3, 0.4) is 0 Å². The number of H-pyrrole nitrogens is 1. The van der Waals surface area contributed by atoms with Crippen LogP contribution in [0.15, 0.2) is 12.5 Å². The van der Waals surface area contributed by atoms with Crippen LogP contribution in [-0.4, -0.2) is 62.3 Å². The van der Waals surface area contributed by atoms with Gasteiger partial charge in [-0.05, 0) is 0 Å². The van der Waals surface area contributed by atoms with Crippen LogP contribution < -0.4 is 11.1 Å². The molecule has 10 heteroatoms. The van der Waals surface area contributed by atoms with Gasteiger partial charge in [0.25, 0.3) is 0 Å². The first-order chi connectivity index (χ1) is 9.32. The second-order valence-electron chi connectivity index (χ2n) is 3.62. The van der Waals surface area contributed by atoms with Gasteiger partial charge in [0.2, 0.25) is 0 Å². The zero-order chi connectivity index (χ0) is 15.5. The van der Waals surface area contributed by atoms with E-state index in [0.29, 0.717) is 0 Å². The predicted octanol–water partition coefficient (Wildman–Crippen LogP) is -1.89. The summed E-state index contributed by atoms with van der Waals surface area (Å²) in [5.41, 5.74) is 6.00. The fourth-order valence-electron chi connectivity index (χ4n) is 0.997. The largest absolute Gasteiger partial charge is 0.480 e. The van der Waals surface area contributed by atoms with Gasteiger partial charge in [0, 0.05) is 18.3 Å². The number of nitrogens with zero attached hydrogens (tertiary/aromatic N) is 1. The van der Waals surface area contributed by atoms with E-state index in [0.717, 1.165) is 5.69 Å². The molecule has 0 saturated carbocycles. The van der Waals surface area contributed by atoms with Crippen LogP contribution >= 0.6 is 0 Å². The summed E-state index contributed by atoms with van der Waals surface area (Å²) in [5, 5.41) is 26.5. The number of rotatable bonds is 7. The SMILES string of the molecule is NC(Cc1cnc[nH]1)C(=O)O.O=C(O)CNCC(=O)O. The van der Waals surface area contributed by atoms with Crippen LogP contribution in [0.25, 0.3) is 0 Å². The van der Waals surface area contributed by atoms with Gasteiger partial charge in [0.05, 0.1) is 19.4 Å². The quantitative estimate of drug-likeness (QED) is 0.334. The van der Waals surface area contributed by atoms with Gasteiger partial charge < -0.3 is 26.0 Å². The molecule has 0 aromatic carbocycles. The van der Waals surface area contributed by atoms with Crippen LogP contribution in [-0.2, 0) is 20.8 Å². The molecule has 0 amide bonds. The lowest BCUT2D eigenvalue weighted by molar-refractivity contribution is -0.139. The summed E-state index contributed by atoms with van der Waals surface area (Å²) in [6, 6.07) is -0.851. The van der Waals surface area contributed by atoms with Crippen molar-refractivity contribution < 1.29 is 29.7 Å². The molecule has 20 heavy (non-hydrogen) atoms. The van der Waals surface area contributed by atoms with Crippen LogP contribution in [0.1, 0.15) is 5.69 Å². The molecule has 1 rings (SSSR count). The Hall–Kier alpha value is -2.46. The minimum absolute atomic E-state index is 0.287. The van der Waals surface area contributed by atoms with Gasteiger partial charge in [0.15, 0.2) is 0 Å². The third kappa shape index (κ3) is 9.56. The summed E-state index contributed by atoms with van der Waals surface area (Å²) in [6.07, 6.45) is 3.34. The van der Waals surface area contributed by atoms with Crippen LogP contribution in [0, 0.1) is 0 Å². The van der Waals surface area contributed by atoms with Crippen LogP contribution in [0.2, 0.25) is 0 Å². The Kier molecular flexibility index (Phi) is 8.30. The molecule has 0 radical (unpaired) electrons. The predicted molar refractivity (Wildman–Crippen MR) is 66.0 cm³/mol. The normalized spacial score (nSPS) is 11.1. The van der Waals surface area contributed by atoms with E-state index in [1.165, 1.54) is 6.33 Å². The molecule has 0 aliphatic heterocycles. The molecule has 0 fully saturated rings. The summed E-state index contributed by atoms with van der Waals surface area (Å²) in [4.78, 5) is 36.2. The lowest BCUT2D eigenvalue weighted by Gasteiger charge is -2.02. The Balaban J connectivity index is 0.000000370. The standard InChI is InChI=1S/C6H9N3O2.C4H7NO4/c7-5(6(10)11)1-4-2-8-3-9-4;6-3(7)1-5-2-4(8)9/h2-3,5H,1,7H2,(H,8,9)(H,10,11);5H,1-2H2,(H,6,7)(H,8,9). The fourth-order valence-corrected chi connectivity index (χ4v) is 0.997. The Morgan fingerprint density at radius 2 is 1.80 bits per heavy atom. The maximum Gasteiger partial charge on any atom is 0.320 e. The third-order valence-corrected chi connectivity index (χ3v) is 1.86. The second kappa shape index (κ2) is 9.47. The first-order valence-electron chi connectivity index (χ1n) is 5.42. The second-order valence-corrected chi connectivity index (χ2v) is 3.62. The number of carboxylic acids is 3. The molecular formula is C10H16N4O6. The highest BCUT2D eigenvalue weighted by Crippen LogP contribution is 1.95. The van der Waals surface area contributed by atoms with E-state index in [-0.39, 0.29) is 19.5 Å². The summed E-state index contributed by atoms with van der Waals surface area (Å²) >= 11 is 0. The summed E-state index contributed by atoms with van der Waals surface area (Å²) in [5.74, 6) is -3.12. The van der Waals surface area contributed by atoms with E-state index in [1.54, 1.807) is 6.20 Å². The highest BCUT2D eigenvalue weighted by atomic mass is 16.4. The van der Waals surface area contributed by atoms with Crippen molar-refractivity contribution in [2.75, 3.05) is 13.1 Å². The average molecular weight is 288 g/mol. The highest BCUT2D eigenvalue weighted by Gasteiger charge is 2.12. The molecule has 10 nitrogen and oxygen atoms in total. The average Bonchev–Trinajstić information content (AvgIpc) is 2.81. The molecule has 0 bridgehead atoms. The number of nitrogens with two attached hydrogens (primary N) is 1. The van der Waals surface area contributed by atoms with E-state index in [9.17, 15) is 14.4 Å². The number of nitrogens with one attached hydrogen (secondary N) is 2. The van der Waals surface area contributed by atoms with Crippen molar-refractivity contribution in [3.8, 4) is 0 Å². The molecule has 1 atom stereocenters. The minimum Gasteiger partial charge on any atom is -0.480 e. The number of hydrogen-bond acceptors (Lipinski definition) is 6. The van der Waals surface area contributed by atoms with E-state index in [2.05, 4.69) is 15.3 Å². The van der Waals surface area contributed by atoms with Crippen molar-refractivity contribution in [2.45, 2.75) is 12.5 Å². The fraction of sp³-hybridized carbons (Fsp3) is 0.400. The number of carbonyl (C=O) groups is 3. The van der Waals surface area contributed by atoms with Gasteiger partial charge >= 0.3 is 17.9 Å². The van der Waals surface area contributed by atoms with Crippen molar-refractivity contribution in [1.29, 1.82) is 0 Å². The lowest BCUT2D eigenvalue weighted by atomic mass is 10.2. The molecule has 1 unspecified atom stereocenters. The molecule has 112 valence electrons. The van der Waals surface area contributed by atoms with Crippen molar-refractivity contribution >= 4 is 17.9 Å². The summed E-state index contributed by atoms with van der Waals surface area (Å²) in [6.45, 7) is -0.626. The van der Waals surface area contributed by atoms with Gasteiger partial charge in [-0.15, -0.1) is 0 Å². The molecular weight excluding hydrogens is 272 g/mol. The lowest BCUT2D eigenvalue weighted by Crippen LogP contribution is -2.32. The minimum atomic E-state index is -1.06. The van der Waals surface area contributed by atoms with Gasteiger partial charge in [-0.1, -0.05) is 0 Å². The molecule has 0 spiro atoms. The van der Waals surface area contributed by atoms with E-state index >= 15 is 0 Å². The number of hydrogen-bond donors (Lipinski definition) is 6. The van der Waals surface area contributed by atoms with Crippen molar-refractivity contribution in [3.05, 3.63) is 18.2 Å². The highest BCUT2D eigenvalue weighted by molar-refractivity contribution is 5.73. The zero-order valence-corrected chi connectivity index (χ0v) is 10.4. The number of imidazole rings is 1. The molecule has 1 heterocycles. The number of aliphatic carboxylic acids is 3. The van der Waals surface area contributed by atoms with Crippen molar-refractivity contribution in [3.63, 3.8) is 0 Å². The number of aromatic nitrogens is 2. The van der Waals surface area contributed by atoms with E-state index in [4.69, 9.17) is 21.1 Å². The van der Waals surface area contributed by atoms with Crippen molar-refractivity contribution in [1.82, 2.24) is 15.3 Å². The molecule has 0 aliphatic carbocycles. The van der Waals surface area contributed by atoms with Crippen LogP contribution in [0.5, 0.6) is 0 Å². The smallest absolute Gasteiger partial charge is 0.320 e. The Morgan fingerprint density at radius 3 is 2.15 bits per heavy atom. The van der Waals surface area contributed by atoms with Gasteiger partial charge in [0.1, 0.15) is 6.04 Å². The van der Waals surface area contributed by atoms with Crippen molar-refractivity contribution in [2.24, 2.45) is 5.73 Å².